The number of carbonyl (C=O) groups excluding carboxylic acids is 2. The van der Waals surface area contributed by atoms with Gasteiger partial charge in [-0.15, -0.1) is 0 Å². The molecule has 0 unspecified atom stereocenters. The van der Waals surface area contributed by atoms with Gasteiger partial charge in [-0.25, -0.2) is 0 Å². The third kappa shape index (κ3) is 5.43. The fourth-order valence-electron chi connectivity index (χ4n) is 2.94. The van der Waals surface area contributed by atoms with E-state index in [2.05, 4.69) is 0 Å². The molecule has 0 fully saturated rings. The molecule has 32 heavy (non-hydrogen) atoms. The highest BCUT2D eigenvalue weighted by atomic mass is 16.5. The van der Waals surface area contributed by atoms with Crippen LogP contribution in [0.3, 0.4) is 0 Å². The number of hydrogen-bond donors (Lipinski definition) is 2. The van der Waals surface area contributed by atoms with Gasteiger partial charge in [0, 0.05) is 12.1 Å². The third-order valence-corrected chi connectivity index (χ3v) is 4.73. The first-order valence-corrected chi connectivity index (χ1v) is 9.70. The molecule has 0 aliphatic carbocycles. The van der Waals surface area contributed by atoms with E-state index < -0.39 is 0 Å². The van der Waals surface area contributed by atoms with E-state index in [1.165, 1.54) is 50.6 Å². The predicted molar refractivity (Wildman–Crippen MR) is 122 cm³/mol. The summed E-state index contributed by atoms with van der Waals surface area (Å²) in [6.07, 6.45) is 6.03. The van der Waals surface area contributed by atoms with Crippen molar-refractivity contribution < 1.29 is 29.3 Å². The predicted octanol–water partition coefficient (Wildman–Crippen LogP) is 4.91. The molecule has 3 aromatic carbocycles. The summed E-state index contributed by atoms with van der Waals surface area (Å²) >= 11 is 0. The number of phenolic OH excluding ortho intramolecular Hbond substituents is 2. The Hall–Kier alpha value is -4.32. The van der Waals surface area contributed by atoms with Crippen molar-refractivity contribution >= 4 is 23.7 Å². The number of rotatable bonds is 8. The van der Waals surface area contributed by atoms with E-state index in [1.54, 1.807) is 48.6 Å². The minimum atomic E-state index is -0.334. The number of benzene rings is 3. The van der Waals surface area contributed by atoms with Crippen molar-refractivity contribution in [3.05, 3.63) is 95.1 Å². The topological polar surface area (TPSA) is 93.1 Å². The van der Waals surface area contributed by atoms with Crippen LogP contribution in [0.25, 0.3) is 12.2 Å². The molecule has 3 aromatic rings. The van der Waals surface area contributed by atoms with Crippen LogP contribution in [0.5, 0.6) is 23.0 Å². The lowest BCUT2D eigenvalue weighted by atomic mass is 10.1. The monoisotopic (exact) mass is 430 g/mol. The zero-order valence-electron chi connectivity index (χ0n) is 17.6. The Morgan fingerprint density at radius 3 is 1.34 bits per heavy atom. The average molecular weight is 430 g/mol. The number of carbonyl (C=O) groups is 2. The molecule has 0 atom stereocenters. The molecule has 0 amide bonds. The van der Waals surface area contributed by atoms with Gasteiger partial charge >= 0.3 is 0 Å². The minimum absolute atomic E-state index is 0.146. The summed E-state index contributed by atoms with van der Waals surface area (Å²) in [5, 5.41) is 19.9. The Morgan fingerprint density at radius 1 is 0.656 bits per heavy atom. The molecule has 0 bridgehead atoms. The fourth-order valence-corrected chi connectivity index (χ4v) is 2.94. The maximum absolute atomic E-state index is 12.3. The first kappa shape index (κ1) is 22.4. The van der Waals surface area contributed by atoms with Gasteiger partial charge in [0.05, 0.1) is 25.3 Å². The van der Waals surface area contributed by atoms with E-state index in [-0.39, 0.29) is 34.2 Å². The number of allylic oxidation sites excluding steroid dienone is 2. The maximum atomic E-state index is 12.3. The van der Waals surface area contributed by atoms with E-state index in [4.69, 9.17) is 9.47 Å². The molecular formula is C26H22O6. The molecule has 0 aromatic heterocycles. The number of ether oxygens (including phenoxy) is 2. The van der Waals surface area contributed by atoms with Crippen molar-refractivity contribution in [2.24, 2.45) is 0 Å². The van der Waals surface area contributed by atoms with Gasteiger partial charge in [-0.05, 0) is 47.5 Å². The molecule has 0 saturated carbocycles. The molecule has 0 saturated heterocycles. The lowest BCUT2D eigenvalue weighted by molar-refractivity contribution is 0.103. The van der Waals surface area contributed by atoms with Crippen molar-refractivity contribution in [2.75, 3.05) is 14.2 Å². The Labute approximate surface area is 185 Å². The molecule has 0 aliphatic heterocycles. The maximum Gasteiger partial charge on any atom is 0.189 e. The second kappa shape index (κ2) is 10.1. The van der Waals surface area contributed by atoms with E-state index in [0.717, 1.165) is 11.1 Å². The van der Waals surface area contributed by atoms with E-state index in [9.17, 15) is 19.8 Å². The summed E-state index contributed by atoms with van der Waals surface area (Å²) in [4.78, 5) is 24.6. The van der Waals surface area contributed by atoms with Crippen LogP contribution >= 0.6 is 0 Å². The molecule has 2 N–H and O–H groups in total. The third-order valence-electron chi connectivity index (χ3n) is 4.73. The summed E-state index contributed by atoms with van der Waals surface area (Å²) in [6.45, 7) is 0. The van der Waals surface area contributed by atoms with Gasteiger partial charge in [0.25, 0.3) is 0 Å². The van der Waals surface area contributed by atoms with Gasteiger partial charge in [0.15, 0.2) is 11.6 Å². The van der Waals surface area contributed by atoms with Crippen LogP contribution in [0.15, 0.2) is 72.8 Å². The van der Waals surface area contributed by atoms with Gasteiger partial charge in [-0.3, -0.25) is 9.59 Å². The van der Waals surface area contributed by atoms with Gasteiger partial charge < -0.3 is 19.7 Å². The first-order chi connectivity index (χ1) is 15.4. The Morgan fingerprint density at radius 2 is 1.03 bits per heavy atom. The van der Waals surface area contributed by atoms with Gasteiger partial charge in [0.1, 0.15) is 23.0 Å². The van der Waals surface area contributed by atoms with Gasteiger partial charge in [-0.1, -0.05) is 36.4 Å². The smallest absolute Gasteiger partial charge is 0.189 e. The van der Waals surface area contributed by atoms with Crippen LogP contribution in [0.4, 0.5) is 0 Å². The summed E-state index contributed by atoms with van der Waals surface area (Å²) < 4.78 is 10.0. The quantitative estimate of drug-likeness (QED) is 0.390. The standard InChI is InChI=1S/C26H22O6/c1-31-19-9-11-21(25(29)15-19)23(27)13-7-17-3-5-18(6-4-17)8-14-24(28)22-12-10-20(32-2)16-26(22)30/h3-16,29-30H,1-2H3. The number of aromatic hydroxyl groups is 2. The lowest BCUT2D eigenvalue weighted by Gasteiger charge is -2.04. The first-order valence-electron chi connectivity index (χ1n) is 9.70. The van der Waals surface area contributed by atoms with E-state index >= 15 is 0 Å². The molecule has 0 radical (unpaired) electrons. The van der Waals surface area contributed by atoms with Crippen LogP contribution in [0.1, 0.15) is 31.8 Å². The molecule has 0 heterocycles. The Kier molecular flexibility index (Phi) is 7.08. The van der Waals surface area contributed by atoms with Crippen molar-refractivity contribution in [3.8, 4) is 23.0 Å². The highest BCUT2D eigenvalue weighted by Crippen LogP contribution is 2.25. The highest BCUT2D eigenvalue weighted by molar-refractivity contribution is 6.09. The van der Waals surface area contributed by atoms with Crippen LogP contribution in [0, 0.1) is 0 Å². The largest absolute Gasteiger partial charge is 0.507 e. The zero-order valence-corrected chi connectivity index (χ0v) is 17.6. The van der Waals surface area contributed by atoms with Gasteiger partial charge in [-0.2, -0.15) is 0 Å². The van der Waals surface area contributed by atoms with Crippen molar-refractivity contribution in [2.45, 2.75) is 0 Å². The second-order valence-electron chi connectivity index (χ2n) is 6.83. The number of methoxy groups -OCH3 is 2. The molecule has 6 nitrogen and oxygen atoms in total. The zero-order chi connectivity index (χ0) is 23.1. The molecule has 6 heteroatoms. The second-order valence-corrected chi connectivity index (χ2v) is 6.83. The van der Waals surface area contributed by atoms with Crippen molar-refractivity contribution in [1.82, 2.24) is 0 Å². The minimum Gasteiger partial charge on any atom is -0.507 e. The summed E-state index contributed by atoms with van der Waals surface area (Å²) in [5.41, 5.74) is 1.93. The summed E-state index contributed by atoms with van der Waals surface area (Å²) in [5.74, 6) is -0.0307. The Bertz CT molecular complexity index is 1090. The van der Waals surface area contributed by atoms with Crippen molar-refractivity contribution in [1.29, 1.82) is 0 Å². The summed E-state index contributed by atoms with van der Waals surface area (Å²) in [6, 6.07) is 16.2. The lowest BCUT2D eigenvalue weighted by Crippen LogP contribution is -1.95. The van der Waals surface area contributed by atoms with Crippen LogP contribution < -0.4 is 9.47 Å². The highest BCUT2D eigenvalue weighted by Gasteiger charge is 2.10. The van der Waals surface area contributed by atoms with Crippen LogP contribution in [-0.4, -0.2) is 36.0 Å². The average Bonchev–Trinajstić information content (AvgIpc) is 2.81. The molecule has 0 spiro atoms. The number of ketones is 2. The summed E-state index contributed by atoms with van der Waals surface area (Å²) in [7, 11) is 2.96. The molecule has 162 valence electrons. The normalized spacial score (nSPS) is 11.1. The number of phenols is 2. The molecule has 3 rings (SSSR count). The van der Waals surface area contributed by atoms with E-state index in [0.29, 0.717) is 11.5 Å². The Balaban J connectivity index is 1.66. The van der Waals surface area contributed by atoms with Crippen molar-refractivity contribution in [3.63, 3.8) is 0 Å². The van der Waals surface area contributed by atoms with Gasteiger partial charge in [0.2, 0.25) is 0 Å². The van der Waals surface area contributed by atoms with Crippen LogP contribution in [-0.2, 0) is 0 Å². The number of hydrogen-bond acceptors (Lipinski definition) is 6. The fraction of sp³-hybridized carbons (Fsp3) is 0.0769. The van der Waals surface area contributed by atoms with E-state index in [1.807, 2.05) is 0 Å². The molecule has 0 aliphatic rings. The molecular weight excluding hydrogens is 408 g/mol. The van der Waals surface area contributed by atoms with Crippen LogP contribution in [0.2, 0.25) is 0 Å². The SMILES string of the molecule is COc1ccc(C(=O)C=Cc2ccc(C=CC(=O)c3ccc(OC)cc3O)cc2)c(O)c1.